The molecule has 2 aromatic heterocycles. The fourth-order valence-corrected chi connectivity index (χ4v) is 4.49. The van der Waals surface area contributed by atoms with Crippen LogP contribution in [-0.2, 0) is 12.8 Å². The molecule has 0 aliphatic heterocycles. The van der Waals surface area contributed by atoms with E-state index in [4.69, 9.17) is 4.74 Å². The van der Waals surface area contributed by atoms with E-state index in [2.05, 4.69) is 20.5 Å². The van der Waals surface area contributed by atoms with Crippen molar-refractivity contribution in [1.82, 2.24) is 9.97 Å². The number of thiophene rings is 1. The molecule has 0 saturated carbocycles. The van der Waals surface area contributed by atoms with Gasteiger partial charge in [0, 0.05) is 4.88 Å². The van der Waals surface area contributed by atoms with Crippen LogP contribution in [0.15, 0.2) is 35.7 Å². The highest BCUT2D eigenvalue weighted by Crippen LogP contribution is 2.39. The Morgan fingerprint density at radius 1 is 1.19 bits per heavy atom. The zero-order valence-corrected chi connectivity index (χ0v) is 16.1. The highest BCUT2D eigenvalue weighted by molar-refractivity contribution is 7.19. The lowest BCUT2D eigenvalue weighted by molar-refractivity contribution is 0.242. The molecule has 3 aromatic rings. The van der Waals surface area contributed by atoms with E-state index in [9.17, 15) is 0 Å². The summed E-state index contributed by atoms with van der Waals surface area (Å²) in [4.78, 5) is 11.4. The van der Waals surface area contributed by atoms with E-state index >= 15 is 0 Å². The molecule has 0 spiro atoms. The van der Waals surface area contributed by atoms with Crippen LogP contribution in [0.1, 0.15) is 43.2 Å². The van der Waals surface area contributed by atoms with Crippen LogP contribution in [0.5, 0.6) is 5.75 Å². The number of hydrogen-bond acceptors (Lipinski definition) is 6. The van der Waals surface area contributed by atoms with Crippen molar-refractivity contribution in [3.05, 3.63) is 46.6 Å². The second-order valence-electron chi connectivity index (χ2n) is 6.76. The first-order chi connectivity index (χ1) is 12.6. The van der Waals surface area contributed by atoms with E-state index in [1.807, 2.05) is 45.0 Å². The summed E-state index contributed by atoms with van der Waals surface area (Å²) in [7, 11) is 0. The van der Waals surface area contributed by atoms with Crippen LogP contribution in [0.4, 0.5) is 5.82 Å². The molecule has 1 aliphatic carbocycles. The van der Waals surface area contributed by atoms with Gasteiger partial charge in [0.25, 0.3) is 0 Å². The molecule has 0 atom stereocenters. The van der Waals surface area contributed by atoms with Gasteiger partial charge < -0.3 is 4.74 Å². The molecule has 0 bridgehead atoms. The molecule has 1 N–H and O–H groups in total. The minimum atomic E-state index is 0.171. The molecule has 0 unspecified atom stereocenters. The van der Waals surface area contributed by atoms with Gasteiger partial charge in [-0.3, -0.25) is 5.43 Å². The Bertz CT molecular complexity index is 960. The SMILES string of the molecule is C/C(=N/Nc1ncnc2sc3c(c12)CCC3)c1ccc(OC(C)C)cc1. The maximum Gasteiger partial charge on any atom is 0.158 e. The predicted octanol–water partition coefficient (Wildman–Crippen LogP) is 4.80. The number of nitrogens with one attached hydrogen (secondary N) is 1. The molecule has 5 nitrogen and oxygen atoms in total. The molecular formula is C20H22N4OS. The third-order valence-electron chi connectivity index (χ3n) is 4.47. The topological polar surface area (TPSA) is 59.4 Å². The first-order valence-electron chi connectivity index (χ1n) is 8.94. The Morgan fingerprint density at radius 3 is 2.77 bits per heavy atom. The Hall–Kier alpha value is -2.47. The molecule has 6 heteroatoms. The van der Waals surface area contributed by atoms with Crippen molar-refractivity contribution in [2.75, 3.05) is 5.43 Å². The smallest absolute Gasteiger partial charge is 0.158 e. The van der Waals surface area contributed by atoms with Gasteiger partial charge in [0.1, 0.15) is 16.9 Å². The van der Waals surface area contributed by atoms with Crippen molar-refractivity contribution < 1.29 is 4.74 Å². The molecule has 134 valence electrons. The summed E-state index contributed by atoms with van der Waals surface area (Å²) >= 11 is 1.78. The van der Waals surface area contributed by atoms with E-state index in [1.54, 1.807) is 17.7 Å². The van der Waals surface area contributed by atoms with Crippen LogP contribution in [0.25, 0.3) is 10.2 Å². The third kappa shape index (κ3) is 3.29. The second-order valence-corrected chi connectivity index (χ2v) is 7.84. The average molecular weight is 366 g/mol. The van der Waals surface area contributed by atoms with Crippen molar-refractivity contribution in [2.45, 2.75) is 46.1 Å². The fourth-order valence-electron chi connectivity index (χ4n) is 3.26. The van der Waals surface area contributed by atoms with Crippen molar-refractivity contribution in [3.8, 4) is 5.75 Å². The van der Waals surface area contributed by atoms with Crippen molar-refractivity contribution in [3.63, 3.8) is 0 Å². The van der Waals surface area contributed by atoms with E-state index in [0.29, 0.717) is 0 Å². The van der Waals surface area contributed by atoms with Gasteiger partial charge >= 0.3 is 0 Å². The van der Waals surface area contributed by atoms with Crippen molar-refractivity contribution >= 4 is 33.1 Å². The van der Waals surface area contributed by atoms with E-state index in [0.717, 1.165) is 45.9 Å². The van der Waals surface area contributed by atoms with Crippen LogP contribution in [0.2, 0.25) is 0 Å². The molecule has 26 heavy (non-hydrogen) atoms. The quantitative estimate of drug-likeness (QED) is 0.520. The highest BCUT2D eigenvalue weighted by atomic mass is 32.1. The van der Waals surface area contributed by atoms with E-state index in [-0.39, 0.29) is 6.10 Å². The number of hydrogen-bond donors (Lipinski definition) is 1. The third-order valence-corrected chi connectivity index (χ3v) is 5.67. The lowest BCUT2D eigenvalue weighted by Gasteiger charge is -2.10. The molecular weight excluding hydrogens is 344 g/mol. The number of fused-ring (bicyclic) bond motifs is 3. The Balaban J connectivity index is 1.57. The number of aromatic nitrogens is 2. The summed E-state index contributed by atoms with van der Waals surface area (Å²) in [6.07, 6.45) is 5.27. The van der Waals surface area contributed by atoms with Gasteiger partial charge in [-0.15, -0.1) is 11.3 Å². The fraction of sp³-hybridized carbons (Fsp3) is 0.350. The van der Waals surface area contributed by atoms with Crippen LogP contribution in [0.3, 0.4) is 0 Å². The van der Waals surface area contributed by atoms with Gasteiger partial charge in [-0.2, -0.15) is 5.10 Å². The summed E-state index contributed by atoms with van der Waals surface area (Å²) in [5.41, 5.74) is 6.51. The monoisotopic (exact) mass is 366 g/mol. The normalized spacial score (nSPS) is 14.1. The van der Waals surface area contributed by atoms with Crippen LogP contribution < -0.4 is 10.2 Å². The molecule has 0 radical (unpaired) electrons. The second kappa shape index (κ2) is 7.03. The molecule has 4 rings (SSSR count). The number of benzene rings is 1. The number of aryl methyl sites for hydroxylation is 2. The van der Waals surface area contributed by atoms with Gasteiger partial charge in [-0.05, 0) is 75.4 Å². The summed E-state index contributed by atoms with van der Waals surface area (Å²) in [6, 6.07) is 8.00. The maximum atomic E-state index is 5.69. The molecule has 2 heterocycles. The number of rotatable bonds is 5. The summed E-state index contributed by atoms with van der Waals surface area (Å²) in [6.45, 7) is 6.03. The van der Waals surface area contributed by atoms with Crippen LogP contribution in [0, 0.1) is 0 Å². The Morgan fingerprint density at radius 2 is 2.00 bits per heavy atom. The summed E-state index contributed by atoms with van der Waals surface area (Å²) in [5.74, 6) is 1.67. The number of anilines is 1. The van der Waals surface area contributed by atoms with Crippen molar-refractivity contribution in [2.24, 2.45) is 5.10 Å². The Kier molecular flexibility index (Phi) is 4.59. The molecule has 0 fully saturated rings. The number of ether oxygens (including phenoxy) is 1. The first kappa shape index (κ1) is 17.0. The minimum absolute atomic E-state index is 0.171. The lowest BCUT2D eigenvalue weighted by Crippen LogP contribution is -2.06. The predicted molar refractivity (Wildman–Crippen MR) is 107 cm³/mol. The largest absolute Gasteiger partial charge is 0.491 e. The Labute approximate surface area is 157 Å². The lowest BCUT2D eigenvalue weighted by atomic mass is 10.1. The van der Waals surface area contributed by atoms with E-state index < -0.39 is 0 Å². The maximum absolute atomic E-state index is 5.69. The zero-order chi connectivity index (χ0) is 18.1. The number of nitrogens with zero attached hydrogens (tertiary/aromatic N) is 3. The zero-order valence-electron chi connectivity index (χ0n) is 15.2. The summed E-state index contributed by atoms with van der Waals surface area (Å²) < 4.78 is 5.69. The minimum Gasteiger partial charge on any atom is -0.491 e. The molecule has 1 aromatic carbocycles. The average Bonchev–Trinajstić information content (AvgIpc) is 3.20. The molecule has 0 amide bonds. The van der Waals surface area contributed by atoms with Crippen LogP contribution >= 0.6 is 11.3 Å². The van der Waals surface area contributed by atoms with Gasteiger partial charge in [0.15, 0.2) is 5.82 Å². The molecule has 0 saturated heterocycles. The van der Waals surface area contributed by atoms with Gasteiger partial charge in [-0.25, -0.2) is 9.97 Å². The number of hydrazone groups is 1. The first-order valence-corrected chi connectivity index (χ1v) is 9.76. The standard InChI is InChI=1S/C20H22N4OS/c1-12(2)25-15-9-7-14(8-10-15)13(3)23-24-19-18-16-5-4-6-17(16)26-20(18)22-11-21-19/h7-12H,4-6H2,1-3H3,(H,21,22,24)/b23-13-. The van der Waals surface area contributed by atoms with Gasteiger partial charge in [0.05, 0.1) is 17.2 Å². The molecule has 1 aliphatic rings. The van der Waals surface area contributed by atoms with Gasteiger partial charge in [0.2, 0.25) is 0 Å². The van der Waals surface area contributed by atoms with Crippen LogP contribution in [-0.4, -0.2) is 21.8 Å². The van der Waals surface area contributed by atoms with Crippen molar-refractivity contribution in [1.29, 1.82) is 0 Å². The van der Waals surface area contributed by atoms with E-state index in [1.165, 1.54) is 16.9 Å². The summed E-state index contributed by atoms with van der Waals surface area (Å²) in [5, 5.41) is 5.69. The van der Waals surface area contributed by atoms with Gasteiger partial charge in [-0.1, -0.05) is 0 Å². The highest BCUT2D eigenvalue weighted by Gasteiger charge is 2.21.